The molecule has 0 N–H and O–H groups in total. The quantitative estimate of drug-likeness (QED) is 0.622. The van der Waals surface area contributed by atoms with Gasteiger partial charge in [0.2, 0.25) is 0 Å². The second-order valence-electron chi connectivity index (χ2n) is 2.91. The highest BCUT2D eigenvalue weighted by Crippen LogP contribution is 2.28. The molecule has 0 saturated heterocycles. The average Bonchev–Trinajstić information content (AvgIpc) is 2.26. The van der Waals surface area contributed by atoms with Crippen LogP contribution >= 0.6 is 34.8 Å². The van der Waals surface area contributed by atoms with Crippen molar-refractivity contribution in [2.24, 2.45) is 0 Å². The molecule has 17 heavy (non-hydrogen) atoms. The molecule has 0 aliphatic heterocycles. The maximum Gasteiger partial charge on any atom is 0.341 e. The maximum atomic E-state index is 11.5. The Labute approximate surface area is 112 Å². The van der Waals surface area contributed by atoms with Crippen LogP contribution in [-0.2, 0) is 9.47 Å². The van der Waals surface area contributed by atoms with Gasteiger partial charge in [-0.15, -0.1) is 0 Å². The van der Waals surface area contributed by atoms with Gasteiger partial charge < -0.3 is 9.47 Å². The number of esters is 2. The van der Waals surface area contributed by atoms with Gasteiger partial charge in [0.15, 0.2) is 0 Å². The van der Waals surface area contributed by atoms with E-state index in [0.29, 0.717) is 0 Å². The molecule has 1 aromatic rings. The van der Waals surface area contributed by atoms with Crippen molar-refractivity contribution in [2.45, 2.75) is 3.98 Å². The van der Waals surface area contributed by atoms with Crippen molar-refractivity contribution >= 4 is 46.7 Å². The third kappa shape index (κ3) is 4.42. The van der Waals surface area contributed by atoms with E-state index in [4.69, 9.17) is 34.8 Å². The third-order valence-electron chi connectivity index (χ3n) is 1.73. The number of benzene rings is 1. The Morgan fingerprint density at radius 3 is 2.12 bits per heavy atom. The molecule has 1 aromatic carbocycles. The summed E-state index contributed by atoms with van der Waals surface area (Å²) in [6, 6.07) is 5.68. The molecule has 7 heteroatoms. The molecule has 92 valence electrons. The van der Waals surface area contributed by atoms with Gasteiger partial charge in [0.25, 0.3) is 0 Å². The molecule has 0 unspecified atom stereocenters. The lowest BCUT2D eigenvalue weighted by molar-refractivity contribution is 0.0491. The number of alkyl halides is 3. The summed E-state index contributed by atoms with van der Waals surface area (Å²) in [6.45, 7) is 0. The average molecular weight is 298 g/mol. The fourth-order valence-electron chi connectivity index (χ4n) is 1.06. The normalized spacial score (nSPS) is 10.8. The lowest BCUT2D eigenvalue weighted by atomic mass is 10.1. The number of halogens is 3. The van der Waals surface area contributed by atoms with Crippen LogP contribution in [0.4, 0.5) is 0 Å². The van der Waals surface area contributed by atoms with Crippen molar-refractivity contribution in [2.75, 3.05) is 7.11 Å². The Morgan fingerprint density at radius 2 is 1.65 bits per heavy atom. The molecule has 0 amide bonds. The minimum Gasteiger partial charge on any atom is -0.465 e. The van der Waals surface area contributed by atoms with Crippen molar-refractivity contribution in [1.82, 2.24) is 0 Å². The van der Waals surface area contributed by atoms with Crippen molar-refractivity contribution < 1.29 is 19.1 Å². The molecular weight excluding hydrogens is 290 g/mol. The summed E-state index contributed by atoms with van der Waals surface area (Å²) in [4.78, 5) is 22.7. The van der Waals surface area contributed by atoms with Crippen LogP contribution in [0.2, 0.25) is 0 Å². The number of hydrogen-bond acceptors (Lipinski definition) is 4. The van der Waals surface area contributed by atoms with Crippen LogP contribution in [0, 0.1) is 0 Å². The molecule has 0 aliphatic carbocycles. The largest absolute Gasteiger partial charge is 0.465 e. The van der Waals surface area contributed by atoms with Gasteiger partial charge in [0.1, 0.15) is 0 Å². The molecule has 0 atom stereocenters. The highest BCUT2D eigenvalue weighted by molar-refractivity contribution is 6.66. The number of rotatable bonds is 2. The molecule has 0 aliphatic rings. The van der Waals surface area contributed by atoms with Gasteiger partial charge in [-0.2, -0.15) is 0 Å². The summed E-state index contributed by atoms with van der Waals surface area (Å²) >= 11 is 15.9. The fourth-order valence-corrected chi connectivity index (χ4v) is 1.27. The first kappa shape index (κ1) is 14.1. The van der Waals surface area contributed by atoms with E-state index in [2.05, 4.69) is 9.47 Å². The summed E-state index contributed by atoms with van der Waals surface area (Å²) in [5.74, 6) is -1.43. The molecule has 0 spiro atoms. The van der Waals surface area contributed by atoms with E-state index in [-0.39, 0.29) is 11.1 Å². The predicted octanol–water partition coefficient (Wildman–Crippen LogP) is 2.96. The van der Waals surface area contributed by atoms with Crippen LogP contribution in [0.3, 0.4) is 0 Å². The zero-order valence-corrected chi connectivity index (χ0v) is 10.8. The first-order valence-electron chi connectivity index (χ1n) is 4.32. The van der Waals surface area contributed by atoms with Crippen LogP contribution in [0.25, 0.3) is 0 Å². The number of carbonyl (C=O) groups is 2. The summed E-state index contributed by atoms with van der Waals surface area (Å²) < 4.78 is 6.86. The van der Waals surface area contributed by atoms with Crippen LogP contribution in [-0.4, -0.2) is 23.0 Å². The van der Waals surface area contributed by atoms with E-state index in [1.54, 1.807) is 0 Å². The first-order valence-corrected chi connectivity index (χ1v) is 5.45. The summed E-state index contributed by atoms with van der Waals surface area (Å²) in [7, 11) is 1.23. The van der Waals surface area contributed by atoms with E-state index in [9.17, 15) is 9.59 Å². The van der Waals surface area contributed by atoms with Crippen LogP contribution in [0.1, 0.15) is 20.7 Å². The van der Waals surface area contributed by atoms with Crippen LogP contribution in [0.5, 0.6) is 0 Å². The molecule has 0 radical (unpaired) electrons. The minimum atomic E-state index is -2.14. The molecule has 0 fully saturated rings. The fraction of sp³-hybridized carbons (Fsp3) is 0.200. The van der Waals surface area contributed by atoms with Crippen LogP contribution < -0.4 is 0 Å². The van der Waals surface area contributed by atoms with E-state index in [1.807, 2.05) is 0 Å². The summed E-state index contributed by atoms with van der Waals surface area (Å²) in [6.07, 6.45) is 0. The van der Waals surface area contributed by atoms with Gasteiger partial charge in [0.05, 0.1) is 18.2 Å². The van der Waals surface area contributed by atoms with Gasteiger partial charge in [-0.05, 0) is 53.0 Å². The second kappa shape index (κ2) is 5.58. The lowest BCUT2D eigenvalue weighted by Crippen LogP contribution is -2.16. The highest BCUT2D eigenvalue weighted by Gasteiger charge is 2.26. The van der Waals surface area contributed by atoms with Crippen molar-refractivity contribution in [3.8, 4) is 0 Å². The predicted molar refractivity (Wildman–Crippen MR) is 63.5 cm³/mol. The summed E-state index contributed by atoms with van der Waals surface area (Å²) in [5.41, 5.74) is 0.283. The monoisotopic (exact) mass is 296 g/mol. The van der Waals surface area contributed by atoms with Gasteiger partial charge in [-0.25, -0.2) is 9.59 Å². The van der Waals surface area contributed by atoms with Crippen molar-refractivity contribution in [1.29, 1.82) is 0 Å². The molecule has 0 heterocycles. The Balaban J connectivity index is 2.92. The maximum absolute atomic E-state index is 11.5. The standard InChI is InChI=1S/C10H7Cl3O4/c1-16-8(14)6-3-2-4-7(5-6)9(15)17-10(11,12)13/h2-5H,1H3. The Kier molecular flexibility index (Phi) is 4.62. The van der Waals surface area contributed by atoms with Crippen molar-refractivity contribution in [3.05, 3.63) is 35.4 Å². The summed E-state index contributed by atoms with van der Waals surface area (Å²) in [5, 5.41) is 0. The van der Waals surface area contributed by atoms with Gasteiger partial charge >= 0.3 is 15.9 Å². The SMILES string of the molecule is COC(=O)c1cccc(C(=O)OC(Cl)(Cl)Cl)c1. The topological polar surface area (TPSA) is 52.6 Å². The lowest BCUT2D eigenvalue weighted by Gasteiger charge is -2.12. The third-order valence-corrected chi connectivity index (χ3v) is 1.96. The smallest absolute Gasteiger partial charge is 0.341 e. The number of carbonyl (C=O) groups excluding carboxylic acids is 2. The molecule has 0 aromatic heterocycles. The van der Waals surface area contributed by atoms with Crippen LogP contribution in [0.15, 0.2) is 24.3 Å². The Bertz CT molecular complexity index is 439. The van der Waals surface area contributed by atoms with Crippen molar-refractivity contribution in [3.63, 3.8) is 0 Å². The number of hydrogen-bond donors (Lipinski definition) is 0. The minimum absolute atomic E-state index is 0.0826. The van der Waals surface area contributed by atoms with E-state index in [0.717, 1.165) is 0 Å². The molecule has 0 bridgehead atoms. The highest BCUT2D eigenvalue weighted by atomic mass is 35.6. The van der Waals surface area contributed by atoms with Gasteiger partial charge in [-0.3, -0.25) is 0 Å². The zero-order valence-electron chi connectivity index (χ0n) is 8.58. The number of ether oxygens (including phenoxy) is 2. The Hall–Kier alpha value is -0.970. The number of methoxy groups -OCH3 is 1. The second-order valence-corrected chi connectivity index (χ2v) is 5.08. The molecular formula is C10H7Cl3O4. The van der Waals surface area contributed by atoms with Gasteiger partial charge in [0, 0.05) is 0 Å². The molecule has 0 saturated carbocycles. The van der Waals surface area contributed by atoms with E-state index < -0.39 is 15.9 Å². The Morgan fingerprint density at radius 1 is 1.12 bits per heavy atom. The first-order chi connectivity index (χ1) is 7.83. The molecule has 4 nitrogen and oxygen atoms in total. The van der Waals surface area contributed by atoms with E-state index in [1.165, 1.54) is 31.4 Å². The zero-order chi connectivity index (χ0) is 13.1. The van der Waals surface area contributed by atoms with E-state index >= 15 is 0 Å². The van der Waals surface area contributed by atoms with Gasteiger partial charge in [-0.1, -0.05) is 6.07 Å². The molecule has 1 rings (SSSR count).